The molecule has 0 fully saturated rings. The van der Waals surface area contributed by atoms with Crippen molar-refractivity contribution in [3.8, 4) is 0 Å². The minimum absolute atomic E-state index is 0.187. The summed E-state index contributed by atoms with van der Waals surface area (Å²) < 4.78 is 0. The van der Waals surface area contributed by atoms with Crippen LogP contribution in [0.3, 0.4) is 0 Å². The Bertz CT molecular complexity index is 917. The molecule has 0 atom stereocenters. The summed E-state index contributed by atoms with van der Waals surface area (Å²) in [6, 6.07) is 13.8. The summed E-state index contributed by atoms with van der Waals surface area (Å²) in [6.07, 6.45) is 0. The number of nitrogen functional groups attached to an aromatic ring is 1. The number of aromatic amines is 1. The lowest BCUT2D eigenvalue weighted by Crippen LogP contribution is -2.11. The van der Waals surface area contributed by atoms with Crippen LogP contribution in [0.5, 0.6) is 0 Å². The summed E-state index contributed by atoms with van der Waals surface area (Å²) in [5.41, 5.74) is 7.51. The fraction of sp³-hybridized carbons (Fsp3) is 0. The maximum Gasteiger partial charge on any atom is 0.352 e. The predicted octanol–water partition coefficient (Wildman–Crippen LogP) is 2.55. The van der Waals surface area contributed by atoms with Crippen molar-refractivity contribution in [1.82, 2.24) is 4.98 Å². The quantitative estimate of drug-likeness (QED) is 0.555. The molecular weight excluding hydrogens is 282 g/mol. The van der Waals surface area contributed by atoms with Crippen molar-refractivity contribution in [2.24, 2.45) is 0 Å². The van der Waals surface area contributed by atoms with Crippen molar-refractivity contribution >= 4 is 33.9 Å². The van der Waals surface area contributed by atoms with Gasteiger partial charge in [0, 0.05) is 22.8 Å². The van der Waals surface area contributed by atoms with E-state index in [1.54, 1.807) is 12.1 Å². The van der Waals surface area contributed by atoms with Crippen LogP contribution in [0.4, 0.5) is 17.1 Å². The molecule has 1 aromatic heterocycles. The predicted molar refractivity (Wildman–Crippen MR) is 85.7 cm³/mol. The Kier molecular flexibility index (Phi) is 3.27. The monoisotopic (exact) mass is 295 g/mol. The maximum atomic E-state index is 12.1. The molecule has 0 amide bonds. The molecule has 6 nitrogen and oxygen atoms in total. The molecule has 6 heteroatoms. The van der Waals surface area contributed by atoms with Crippen molar-refractivity contribution < 1.29 is 9.90 Å². The van der Waals surface area contributed by atoms with E-state index in [-0.39, 0.29) is 5.69 Å². The number of carboxylic acid groups (broad SMARTS) is 1. The van der Waals surface area contributed by atoms with Crippen LogP contribution in [0, 0.1) is 0 Å². The molecule has 0 saturated heterocycles. The van der Waals surface area contributed by atoms with Crippen molar-refractivity contribution in [3.63, 3.8) is 0 Å². The molecule has 0 bridgehead atoms. The van der Waals surface area contributed by atoms with Gasteiger partial charge in [-0.1, -0.05) is 18.2 Å². The number of hydrogen-bond donors (Lipinski definition) is 4. The average molecular weight is 295 g/mol. The topological polar surface area (TPSA) is 108 Å². The second-order valence-electron chi connectivity index (χ2n) is 4.83. The first-order chi connectivity index (χ1) is 10.5. The molecule has 0 saturated carbocycles. The Morgan fingerprint density at radius 1 is 1.09 bits per heavy atom. The Labute approximate surface area is 125 Å². The minimum Gasteiger partial charge on any atom is -0.477 e. The average Bonchev–Trinajstić information content (AvgIpc) is 2.49. The Morgan fingerprint density at radius 2 is 1.82 bits per heavy atom. The van der Waals surface area contributed by atoms with E-state index >= 15 is 0 Å². The van der Waals surface area contributed by atoms with Crippen molar-refractivity contribution in [3.05, 3.63) is 64.4 Å². The van der Waals surface area contributed by atoms with E-state index in [0.717, 1.165) is 11.8 Å². The third-order valence-electron chi connectivity index (χ3n) is 3.26. The van der Waals surface area contributed by atoms with E-state index in [0.29, 0.717) is 22.3 Å². The zero-order chi connectivity index (χ0) is 15.7. The number of benzene rings is 2. The van der Waals surface area contributed by atoms with Crippen LogP contribution in [-0.4, -0.2) is 16.1 Å². The molecule has 3 aromatic rings. The molecular formula is C16H13N3O3. The van der Waals surface area contributed by atoms with Crippen molar-refractivity contribution in [2.45, 2.75) is 0 Å². The third kappa shape index (κ3) is 2.49. The van der Waals surface area contributed by atoms with E-state index < -0.39 is 11.4 Å². The third-order valence-corrected chi connectivity index (χ3v) is 3.26. The number of aromatic nitrogens is 1. The van der Waals surface area contributed by atoms with Gasteiger partial charge in [0.15, 0.2) is 5.43 Å². The van der Waals surface area contributed by atoms with Gasteiger partial charge in [-0.3, -0.25) is 4.79 Å². The Hall–Kier alpha value is -3.28. The van der Waals surface area contributed by atoms with Crippen LogP contribution in [0.1, 0.15) is 10.5 Å². The maximum absolute atomic E-state index is 12.1. The first-order valence-corrected chi connectivity index (χ1v) is 6.56. The summed E-state index contributed by atoms with van der Waals surface area (Å²) in [4.78, 5) is 25.8. The van der Waals surface area contributed by atoms with Crippen LogP contribution in [0.2, 0.25) is 0 Å². The summed E-state index contributed by atoms with van der Waals surface area (Å²) in [5, 5.41) is 12.5. The molecule has 0 aliphatic heterocycles. The smallest absolute Gasteiger partial charge is 0.352 e. The zero-order valence-electron chi connectivity index (χ0n) is 11.5. The van der Waals surface area contributed by atoms with Crippen LogP contribution in [0.15, 0.2) is 53.3 Å². The van der Waals surface area contributed by atoms with Crippen molar-refractivity contribution in [1.29, 1.82) is 0 Å². The molecule has 1 heterocycles. The van der Waals surface area contributed by atoms with Gasteiger partial charge in [-0.15, -0.1) is 0 Å². The largest absolute Gasteiger partial charge is 0.477 e. The van der Waals surface area contributed by atoms with Gasteiger partial charge in [0.05, 0.1) is 11.2 Å². The van der Waals surface area contributed by atoms with Gasteiger partial charge >= 0.3 is 5.97 Å². The van der Waals surface area contributed by atoms with E-state index in [2.05, 4.69) is 10.3 Å². The van der Waals surface area contributed by atoms with Gasteiger partial charge in [0.25, 0.3) is 0 Å². The van der Waals surface area contributed by atoms with Gasteiger partial charge in [-0.25, -0.2) is 4.79 Å². The zero-order valence-corrected chi connectivity index (χ0v) is 11.5. The highest BCUT2D eigenvalue weighted by Crippen LogP contribution is 2.25. The van der Waals surface area contributed by atoms with E-state index in [1.165, 1.54) is 0 Å². The standard InChI is InChI=1S/C16H13N3O3/c17-12-7-10(18-9-4-2-1-3-5-9)6-11-14(20)8-13(16(21)22)19-15(11)12/h1-8,18H,17H2,(H,19,20)(H,21,22). The lowest BCUT2D eigenvalue weighted by molar-refractivity contribution is 0.0691. The highest BCUT2D eigenvalue weighted by atomic mass is 16.4. The molecule has 0 aliphatic carbocycles. The fourth-order valence-electron chi connectivity index (χ4n) is 2.25. The van der Waals surface area contributed by atoms with Gasteiger partial charge in [0.1, 0.15) is 5.69 Å². The van der Waals surface area contributed by atoms with Crippen LogP contribution in [0.25, 0.3) is 10.9 Å². The summed E-state index contributed by atoms with van der Waals surface area (Å²) in [5.74, 6) is -1.20. The number of fused-ring (bicyclic) bond motifs is 1. The molecule has 0 aliphatic rings. The number of aromatic carboxylic acids is 1. The Morgan fingerprint density at radius 3 is 2.50 bits per heavy atom. The molecule has 0 unspecified atom stereocenters. The minimum atomic E-state index is -1.20. The second kappa shape index (κ2) is 5.25. The lowest BCUT2D eigenvalue weighted by Gasteiger charge is -2.10. The first-order valence-electron chi connectivity index (χ1n) is 6.56. The normalized spacial score (nSPS) is 10.5. The highest BCUT2D eigenvalue weighted by molar-refractivity contribution is 5.96. The van der Waals surface area contributed by atoms with Crippen LogP contribution in [-0.2, 0) is 0 Å². The lowest BCUT2D eigenvalue weighted by atomic mass is 10.1. The van der Waals surface area contributed by atoms with E-state index in [9.17, 15) is 9.59 Å². The summed E-state index contributed by atoms with van der Waals surface area (Å²) in [7, 11) is 0. The number of nitrogens with one attached hydrogen (secondary N) is 2. The Balaban J connectivity index is 2.13. The molecule has 22 heavy (non-hydrogen) atoms. The van der Waals surface area contributed by atoms with Gasteiger partial charge < -0.3 is 21.1 Å². The number of rotatable bonds is 3. The number of carbonyl (C=O) groups is 1. The summed E-state index contributed by atoms with van der Waals surface area (Å²) >= 11 is 0. The molecule has 0 spiro atoms. The van der Waals surface area contributed by atoms with Gasteiger partial charge in [-0.05, 0) is 24.3 Å². The molecule has 5 N–H and O–H groups in total. The van der Waals surface area contributed by atoms with Crippen LogP contribution < -0.4 is 16.5 Å². The number of carboxylic acids is 1. The highest BCUT2D eigenvalue weighted by Gasteiger charge is 2.11. The second-order valence-corrected chi connectivity index (χ2v) is 4.83. The van der Waals surface area contributed by atoms with Crippen molar-refractivity contribution in [2.75, 3.05) is 11.1 Å². The molecule has 2 aromatic carbocycles. The van der Waals surface area contributed by atoms with Gasteiger partial charge in [-0.2, -0.15) is 0 Å². The van der Waals surface area contributed by atoms with Gasteiger partial charge in [0.2, 0.25) is 0 Å². The number of H-pyrrole nitrogens is 1. The molecule has 0 radical (unpaired) electrons. The fourth-order valence-corrected chi connectivity index (χ4v) is 2.25. The number of para-hydroxylation sites is 1. The number of anilines is 3. The number of hydrogen-bond acceptors (Lipinski definition) is 4. The van der Waals surface area contributed by atoms with E-state index in [4.69, 9.17) is 10.8 Å². The molecule has 3 rings (SSSR count). The summed E-state index contributed by atoms with van der Waals surface area (Å²) in [6.45, 7) is 0. The van der Waals surface area contributed by atoms with Crippen LogP contribution >= 0.6 is 0 Å². The number of nitrogens with two attached hydrogens (primary N) is 1. The molecule has 110 valence electrons. The first kappa shape index (κ1) is 13.7. The SMILES string of the molecule is Nc1cc(Nc2ccccc2)cc2c(=O)cc(C(=O)O)[nH]c12. The number of pyridine rings is 1. The van der Waals surface area contributed by atoms with E-state index in [1.807, 2.05) is 30.3 Å².